The molecule has 9 heteroatoms. The molecule has 7 nitrogen and oxygen atoms in total. The van der Waals surface area contributed by atoms with E-state index < -0.39 is 34.8 Å². The number of amides is 1. The first-order valence-corrected chi connectivity index (χ1v) is 9.93. The summed E-state index contributed by atoms with van der Waals surface area (Å²) >= 11 is 0. The molecule has 0 aromatic heterocycles. The Morgan fingerprint density at radius 1 is 1.32 bits per heavy atom. The number of methoxy groups -OCH3 is 1. The average molecular weight is 411 g/mol. The van der Waals surface area contributed by atoms with Gasteiger partial charge in [0.05, 0.1) is 28.2 Å². The van der Waals surface area contributed by atoms with Crippen LogP contribution in [0.3, 0.4) is 0 Å². The fraction of sp³-hybridized carbons (Fsp3) is 0.316. The molecular weight excluding hydrogens is 387 g/mol. The van der Waals surface area contributed by atoms with E-state index in [2.05, 4.69) is 10.0 Å². The summed E-state index contributed by atoms with van der Waals surface area (Å²) in [7, 11) is -6.86. The van der Waals surface area contributed by atoms with Crippen molar-refractivity contribution >= 4 is 21.6 Å². The van der Waals surface area contributed by atoms with Crippen molar-refractivity contribution in [2.75, 3.05) is 25.6 Å². The Bertz CT molecular complexity index is 1090. The van der Waals surface area contributed by atoms with Gasteiger partial charge in [0.2, 0.25) is 10.0 Å². The molecule has 1 saturated heterocycles. The zero-order chi connectivity index (χ0) is 22.8. The number of ether oxygens (including phenoxy) is 2. The predicted octanol–water partition coefficient (Wildman–Crippen LogP) is 2.46. The summed E-state index contributed by atoms with van der Waals surface area (Å²) in [4.78, 5) is 12.6. The van der Waals surface area contributed by atoms with E-state index in [1.807, 2.05) is 0 Å². The number of nitrogens with one attached hydrogen (secondary N) is 2. The number of hydrogen-bond donors (Lipinski definition) is 2. The third-order valence-corrected chi connectivity index (χ3v) is 5.80. The Morgan fingerprint density at radius 3 is 2.82 bits per heavy atom. The number of carbonyl (C=O) groups excluding carboxylic acids is 1. The number of rotatable bonds is 6. The van der Waals surface area contributed by atoms with E-state index in [1.54, 1.807) is 0 Å². The maximum atomic E-state index is 13.5. The molecule has 1 amide bonds. The lowest BCUT2D eigenvalue weighted by molar-refractivity contribution is 0.102. The van der Waals surface area contributed by atoms with E-state index in [0.717, 1.165) is 18.2 Å². The first kappa shape index (κ1) is 16.5. The van der Waals surface area contributed by atoms with Crippen molar-refractivity contribution in [3.63, 3.8) is 0 Å². The molecular formula is C19H21FN2O5S. The smallest absolute Gasteiger partial charge is 0.259 e. The van der Waals surface area contributed by atoms with Crippen molar-refractivity contribution in [3.8, 4) is 5.75 Å². The lowest BCUT2D eigenvalue weighted by Gasteiger charge is -2.14. The molecule has 0 spiro atoms. The van der Waals surface area contributed by atoms with Gasteiger partial charge in [-0.3, -0.25) is 4.79 Å². The topological polar surface area (TPSA) is 93.7 Å². The molecule has 2 aromatic carbocycles. The number of anilines is 1. The summed E-state index contributed by atoms with van der Waals surface area (Å²) < 4.78 is 73.3. The summed E-state index contributed by atoms with van der Waals surface area (Å²) in [6.45, 7) is 2.18. The summed E-state index contributed by atoms with van der Waals surface area (Å²) in [5.41, 5.74) is 0.234. The highest BCUT2D eigenvalue weighted by Gasteiger charge is 2.25. The Labute approximate surface area is 167 Å². The number of benzene rings is 2. The van der Waals surface area contributed by atoms with Gasteiger partial charge in [-0.2, -0.15) is 0 Å². The Kier molecular flexibility index (Phi) is 4.85. The normalized spacial score (nSPS) is 18.8. The van der Waals surface area contributed by atoms with Crippen LogP contribution in [0.2, 0.25) is 0 Å². The van der Waals surface area contributed by atoms with Gasteiger partial charge >= 0.3 is 0 Å². The Hall–Kier alpha value is -2.49. The van der Waals surface area contributed by atoms with Gasteiger partial charge in [0.25, 0.3) is 5.91 Å². The molecule has 0 bridgehead atoms. The molecule has 1 atom stereocenters. The van der Waals surface area contributed by atoms with E-state index >= 15 is 0 Å². The second kappa shape index (κ2) is 8.26. The predicted molar refractivity (Wildman–Crippen MR) is 102 cm³/mol. The van der Waals surface area contributed by atoms with Gasteiger partial charge in [-0.25, -0.2) is 17.5 Å². The summed E-state index contributed by atoms with van der Waals surface area (Å²) in [5, 5.41) is 2.50. The molecule has 1 aliphatic heterocycles. The van der Waals surface area contributed by atoms with Gasteiger partial charge in [0.15, 0.2) is 0 Å². The molecule has 150 valence electrons. The van der Waals surface area contributed by atoms with Crippen LogP contribution in [-0.4, -0.2) is 40.6 Å². The standard InChI is InChI=1S/C19H21FN2O5S/c1-12-9-13(3-5-17(12)20)21-19(23)16-10-15(4-6-18(16)26-2)28(24,25)22-14-7-8-27-11-14/h3-6,9-10,14,22H,7-8,11H2,1-2H3,(H,21,23)/i2D3. The number of carbonyl (C=O) groups is 1. The zero-order valence-corrected chi connectivity index (χ0v) is 15.8. The molecule has 28 heavy (non-hydrogen) atoms. The van der Waals surface area contributed by atoms with Crippen LogP contribution in [-0.2, 0) is 14.8 Å². The van der Waals surface area contributed by atoms with Crippen LogP contribution in [0.1, 0.15) is 26.5 Å². The zero-order valence-electron chi connectivity index (χ0n) is 18.0. The van der Waals surface area contributed by atoms with Crippen LogP contribution in [0, 0.1) is 12.7 Å². The largest absolute Gasteiger partial charge is 0.496 e. The SMILES string of the molecule is [2H]C([2H])([2H])Oc1ccc(S(=O)(=O)NC2CCOC2)cc1C(=O)Nc1ccc(F)c(C)c1. The first-order chi connectivity index (χ1) is 14.4. The third-order valence-electron chi connectivity index (χ3n) is 4.28. The highest BCUT2D eigenvalue weighted by molar-refractivity contribution is 7.89. The van der Waals surface area contributed by atoms with Gasteiger partial charge < -0.3 is 14.8 Å². The molecule has 2 aromatic rings. The van der Waals surface area contributed by atoms with Crippen molar-refractivity contribution in [1.82, 2.24) is 4.72 Å². The molecule has 0 saturated carbocycles. The molecule has 2 N–H and O–H groups in total. The minimum atomic E-state index is -4.00. The number of halogens is 1. The third kappa shape index (κ3) is 4.49. The molecule has 0 radical (unpaired) electrons. The maximum absolute atomic E-state index is 13.5. The van der Waals surface area contributed by atoms with Crippen molar-refractivity contribution in [2.45, 2.75) is 24.3 Å². The van der Waals surface area contributed by atoms with Gasteiger partial charge in [-0.15, -0.1) is 0 Å². The van der Waals surface area contributed by atoms with Crippen LogP contribution in [0.4, 0.5) is 10.1 Å². The molecule has 1 heterocycles. The van der Waals surface area contributed by atoms with E-state index in [-0.39, 0.29) is 34.1 Å². The summed E-state index contributed by atoms with van der Waals surface area (Å²) in [6, 6.07) is 6.77. The number of aryl methyl sites for hydroxylation is 1. The lowest BCUT2D eigenvalue weighted by Crippen LogP contribution is -2.35. The Balaban J connectivity index is 1.94. The van der Waals surface area contributed by atoms with E-state index in [1.165, 1.54) is 25.1 Å². The van der Waals surface area contributed by atoms with Crippen molar-refractivity contribution < 1.29 is 31.2 Å². The minimum absolute atomic E-state index is 0.233. The molecule has 1 unspecified atom stereocenters. The van der Waals surface area contributed by atoms with E-state index in [0.29, 0.717) is 13.0 Å². The van der Waals surface area contributed by atoms with Crippen molar-refractivity contribution in [1.29, 1.82) is 0 Å². The van der Waals surface area contributed by atoms with Gasteiger partial charge in [0.1, 0.15) is 11.6 Å². The minimum Gasteiger partial charge on any atom is -0.496 e. The summed E-state index contributed by atoms with van der Waals surface area (Å²) in [6.07, 6.45) is 0.511. The summed E-state index contributed by atoms with van der Waals surface area (Å²) in [5.74, 6) is -1.59. The van der Waals surface area contributed by atoms with Crippen LogP contribution in [0.15, 0.2) is 41.3 Å². The van der Waals surface area contributed by atoms with E-state index in [9.17, 15) is 17.6 Å². The van der Waals surface area contributed by atoms with Gasteiger partial charge in [-0.1, -0.05) is 0 Å². The molecule has 0 aliphatic carbocycles. The molecule has 1 fully saturated rings. The number of sulfonamides is 1. The van der Waals surface area contributed by atoms with Crippen LogP contribution < -0.4 is 14.8 Å². The molecule has 3 rings (SSSR count). The Morgan fingerprint density at radius 2 is 2.14 bits per heavy atom. The van der Waals surface area contributed by atoms with Crippen LogP contribution in [0.5, 0.6) is 5.75 Å². The van der Waals surface area contributed by atoms with Crippen LogP contribution >= 0.6 is 0 Å². The van der Waals surface area contributed by atoms with Gasteiger partial charge in [-0.05, 0) is 55.3 Å². The monoisotopic (exact) mass is 411 g/mol. The lowest BCUT2D eigenvalue weighted by atomic mass is 10.1. The molecule has 1 aliphatic rings. The fourth-order valence-corrected chi connectivity index (χ4v) is 4.06. The van der Waals surface area contributed by atoms with Gasteiger partial charge in [0, 0.05) is 18.3 Å². The van der Waals surface area contributed by atoms with Crippen LogP contribution in [0.25, 0.3) is 0 Å². The number of hydrogen-bond acceptors (Lipinski definition) is 5. The average Bonchev–Trinajstić information content (AvgIpc) is 3.16. The fourth-order valence-electron chi connectivity index (χ4n) is 2.78. The van der Waals surface area contributed by atoms with E-state index in [4.69, 9.17) is 13.6 Å². The second-order valence-electron chi connectivity index (χ2n) is 6.36. The van der Waals surface area contributed by atoms with Crippen molar-refractivity contribution in [3.05, 3.63) is 53.3 Å². The quantitative estimate of drug-likeness (QED) is 0.762. The van der Waals surface area contributed by atoms with Crippen molar-refractivity contribution in [2.24, 2.45) is 0 Å². The highest BCUT2D eigenvalue weighted by Crippen LogP contribution is 2.25. The maximum Gasteiger partial charge on any atom is 0.259 e. The first-order valence-electron chi connectivity index (χ1n) is 9.95. The second-order valence-corrected chi connectivity index (χ2v) is 8.07. The highest BCUT2D eigenvalue weighted by atomic mass is 32.2.